The van der Waals surface area contributed by atoms with Crippen molar-refractivity contribution in [2.45, 2.75) is 11.8 Å². The van der Waals surface area contributed by atoms with Gasteiger partial charge < -0.3 is 15.3 Å². The van der Waals surface area contributed by atoms with Gasteiger partial charge >= 0.3 is 0 Å². The van der Waals surface area contributed by atoms with E-state index in [1.807, 2.05) is 6.92 Å². The van der Waals surface area contributed by atoms with Gasteiger partial charge in [0.05, 0.1) is 22.0 Å². The van der Waals surface area contributed by atoms with Gasteiger partial charge in [0.25, 0.3) is 10.1 Å². The quantitative estimate of drug-likeness (QED) is 0.140. The topological polar surface area (TPSA) is 189 Å². The van der Waals surface area contributed by atoms with Crippen molar-refractivity contribution in [3.63, 3.8) is 0 Å². The first-order valence-electron chi connectivity index (χ1n) is 10.9. The summed E-state index contributed by atoms with van der Waals surface area (Å²) in [6.45, 7) is 1.83. The molecule has 4 N–H and O–H groups in total. The van der Waals surface area contributed by atoms with Crippen LogP contribution in [0.1, 0.15) is 5.56 Å². The molecule has 0 aliphatic carbocycles. The standard InChI is InChI=1S/C25H20N6O6S/c1-15-2-11-23(32)20(12-15)30-31-22-13-21(24(33)14-25(22)34)29-28-17-5-3-16(4-6-17)26-27-18-7-9-19(10-8-18)38(35,36)37/h2-14,32-34H,1H3,(H,35,36,37). The summed E-state index contributed by atoms with van der Waals surface area (Å²) in [4.78, 5) is -0.244. The second kappa shape index (κ2) is 10.9. The molecule has 0 heterocycles. The summed E-state index contributed by atoms with van der Waals surface area (Å²) < 4.78 is 31.2. The lowest BCUT2D eigenvalue weighted by Crippen LogP contribution is -1.96. The number of hydrogen-bond acceptors (Lipinski definition) is 11. The van der Waals surface area contributed by atoms with Gasteiger partial charge in [0, 0.05) is 12.1 Å². The van der Waals surface area contributed by atoms with Crippen LogP contribution in [0.5, 0.6) is 17.2 Å². The van der Waals surface area contributed by atoms with Crippen molar-refractivity contribution in [2.24, 2.45) is 30.7 Å². The molecule has 0 unspecified atom stereocenters. The molecule has 0 spiro atoms. The van der Waals surface area contributed by atoms with E-state index in [1.165, 1.54) is 36.4 Å². The second-order valence-electron chi connectivity index (χ2n) is 7.91. The minimum Gasteiger partial charge on any atom is -0.506 e. The van der Waals surface area contributed by atoms with Crippen molar-refractivity contribution < 1.29 is 28.3 Å². The maximum absolute atomic E-state index is 11.1. The van der Waals surface area contributed by atoms with Crippen LogP contribution in [-0.4, -0.2) is 28.3 Å². The molecule has 0 aromatic heterocycles. The minimum absolute atomic E-state index is 0.0121. The average Bonchev–Trinajstić information content (AvgIpc) is 2.88. The van der Waals surface area contributed by atoms with Crippen molar-refractivity contribution in [3.8, 4) is 17.2 Å². The normalized spacial score (nSPS) is 12.2. The first-order valence-corrected chi connectivity index (χ1v) is 12.3. The van der Waals surface area contributed by atoms with Crippen LogP contribution in [0.4, 0.5) is 34.1 Å². The van der Waals surface area contributed by atoms with Crippen molar-refractivity contribution in [2.75, 3.05) is 0 Å². The maximum atomic E-state index is 11.1. The van der Waals surface area contributed by atoms with Gasteiger partial charge in [-0.2, -0.15) is 23.8 Å². The van der Waals surface area contributed by atoms with Crippen molar-refractivity contribution >= 4 is 44.2 Å². The van der Waals surface area contributed by atoms with Crippen LogP contribution < -0.4 is 0 Å². The Balaban J connectivity index is 1.47. The Morgan fingerprint density at radius 1 is 0.526 bits per heavy atom. The van der Waals surface area contributed by atoms with Gasteiger partial charge in [-0.25, -0.2) is 0 Å². The molecule has 0 saturated carbocycles. The highest BCUT2D eigenvalue weighted by Gasteiger charge is 2.10. The number of aryl methyl sites for hydroxylation is 1. The molecule has 4 rings (SSSR count). The summed E-state index contributed by atoms with van der Waals surface area (Å²) in [6, 6.07) is 18.9. The number of rotatable bonds is 7. The van der Waals surface area contributed by atoms with Crippen molar-refractivity contribution in [1.82, 2.24) is 0 Å². The summed E-state index contributed by atoms with van der Waals surface area (Å²) in [5.74, 6) is -0.732. The van der Waals surface area contributed by atoms with E-state index in [0.29, 0.717) is 17.1 Å². The molecular weight excluding hydrogens is 512 g/mol. The maximum Gasteiger partial charge on any atom is 0.294 e. The van der Waals surface area contributed by atoms with Crippen LogP contribution in [0.15, 0.2) is 114 Å². The number of benzene rings is 4. The molecule has 13 heteroatoms. The Morgan fingerprint density at radius 2 is 0.947 bits per heavy atom. The Kier molecular flexibility index (Phi) is 7.50. The van der Waals surface area contributed by atoms with Crippen LogP contribution >= 0.6 is 0 Å². The van der Waals surface area contributed by atoms with Crippen LogP contribution in [0.3, 0.4) is 0 Å². The van der Waals surface area contributed by atoms with Gasteiger partial charge in [-0.05, 0) is 73.2 Å². The number of hydrogen-bond donors (Lipinski definition) is 4. The molecule has 192 valence electrons. The number of phenolic OH excluding ortho intramolecular Hbond substituents is 3. The fraction of sp³-hybridized carbons (Fsp3) is 0.0400. The molecule has 0 fully saturated rings. The fourth-order valence-corrected chi connectivity index (χ4v) is 3.51. The summed E-state index contributed by atoms with van der Waals surface area (Å²) in [6.07, 6.45) is 0. The average molecular weight is 533 g/mol. The minimum atomic E-state index is -4.28. The van der Waals surface area contributed by atoms with E-state index >= 15 is 0 Å². The molecule has 0 radical (unpaired) electrons. The van der Waals surface area contributed by atoms with Crippen molar-refractivity contribution in [1.29, 1.82) is 0 Å². The van der Waals surface area contributed by atoms with E-state index in [9.17, 15) is 23.7 Å². The SMILES string of the molecule is Cc1ccc(O)c(N=Nc2cc(N=Nc3ccc(N=Nc4ccc(S(=O)(=O)O)cc4)cc3)c(O)cc2O)c1. The van der Waals surface area contributed by atoms with Gasteiger partial charge in [-0.15, -0.1) is 15.3 Å². The second-order valence-corrected chi connectivity index (χ2v) is 9.33. The van der Waals surface area contributed by atoms with Crippen LogP contribution in [0.2, 0.25) is 0 Å². The number of phenols is 3. The molecule has 38 heavy (non-hydrogen) atoms. The molecule has 0 bridgehead atoms. The zero-order valence-corrected chi connectivity index (χ0v) is 20.5. The summed E-state index contributed by atoms with van der Waals surface area (Å²) >= 11 is 0. The van der Waals surface area contributed by atoms with Gasteiger partial charge in [0.2, 0.25) is 0 Å². The van der Waals surface area contributed by atoms with E-state index in [1.54, 1.807) is 36.4 Å². The van der Waals surface area contributed by atoms with Gasteiger partial charge in [-0.1, -0.05) is 6.07 Å². The molecule has 0 atom stereocenters. The highest BCUT2D eigenvalue weighted by Crippen LogP contribution is 2.40. The molecule has 0 aliphatic rings. The van der Waals surface area contributed by atoms with Gasteiger partial charge in [0.1, 0.15) is 34.3 Å². The molecule has 12 nitrogen and oxygen atoms in total. The van der Waals surface area contributed by atoms with E-state index in [4.69, 9.17) is 4.55 Å². The largest absolute Gasteiger partial charge is 0.506 e. The number of azo groups is 3. The molecule has 0 saturated heterocycles. The molecule has 0 amide bonds. The van der Waals surface area contributed by atoms with Crippen molar-refractivity contribution in [3.05, 3.63) is 84.4 Å². The summed E-state index contributed by atoms with van der Waals surface area (Å²) in [5, 5.41) is 54.2. The molecule has 0 aliphatic heterocycles. The van der Waals surface area contributed by atoms with Crippen LogP contribution in [0, 0.1) is 6.92 Å². The third kappa shape index (κ3) is 6.60. The molecule has 4 aromatic carbocycles. The van der Waals surface area contributed by atoms with Crippen LogP contribution in [0.25, 0.3) is 0 Å². The van der Waals surface area contributed by atoms with Crippen LogP contribution in [-0.2, 0) is 10.1 Å². The highest BCUT2D eigenvalue weighted by molar-refractivity contribution is 7.85. The van der Waals surface area contributed by atoms with E-state index in [2.05, 4.69) is 30.7 Å². The number of nitrogens with zero attached hydrogens (tertiary/aromatic N) is 6. The van der Waals surface area contributed by atoms with Gasteiger partial charge in [0.15, 0.2) is 0 Å². The summed E-state index contributed by atoms with van der Waals surface area (Å²) in [7, 11) is -4.28. The summed E-state index contributed by atoms with van der Waals surface area (Å²) in [5.41, 5.74) is 2.42. The lowest BCUT2D eigenvalue weighted by molar-refractivity contribution is 0.452. The van der Waals surface area contributed by atoms with E-state index in [-0.39, 0.29) is 39.2 Å². The Morgan fingerprint density at radius 3 is 1.45 bits per heavy atom. The Labute approximate surface area is 216 Å². The third-order valence-corrected chi connectivity index (χ3v) is 5.87. The first-order chi connectivity index (χ1) is 18.1. The Hall–Kier alpha value is -5.01. The third-order valence-electron chi connectivity index (χ3n) is 5.01. The molecule has 4 aromatic rings. The monoisotopic (exact) mass is 532 g/mol. The van der Waals surface area contributed by atoms with E-state index < -0.39 is 10.1 Å². The zero-order valence-electron chi connectivity index (χ0n) is 19.7. The zero-order chi connectivity index (χ0) is 27.3. The van der Waals surface area contributed by atoms with E-state index in [0.717, 1.165) is 11.6 Å². The predicted octanol–water partition coefficient (Wildman–Crippen LogP) is 7.60. The Bertz CT molecular complexity index is 1670. The lowest BCUT2D eigenvalue weighted by Gasteiger charge is -2.03. The molecular formula is C25H20N6O6S. The number of aromatic hydroxyl groups is 3. The lowest BCUT2D eigenvalue weighted by atomic mass is 10.2. The van der Waals surface area contributed by atoms with Gasteiger partial charge in [-0.3, -0.25) is 4.55 Å². The first kappa shape index (κ1) is 26.1. The smallest absolute Gasteiger partial charge is 0.294 e. The predicted molar refractivity (Wildman–Crippen MR) is 138 cm³/mol. The fourth-order valence-electron chi connectivity index (χ4n) is 3.03. The highest BCUT2D eigenvalue weighted by atomic mass is 32.2.